The molecule has 10 heteroatoms. The van der Waals surface area contributed by atoms with Crippen LogP contribution in [0, 0.1) is 0 Å². The number of benzene rings is 1. The number of nitrogens with zero attached hydrogens (tertiary/aromatic N) is 2. The molecule has 0 unspecified atom stereocenters. The van der Waals surface area contributed by atoms with Gasteiger partial charge in [0.05, 0.1) is 4.34 Å². The lowest BCUT2D eigenvalue weighted by atomic mass is 10.2. The number of sulfonamides is 2. The summed E-state index contributed by atoms with van der Waals surface area (Å²) in [6, 6.07) is 12.1. The highest BCUT2D eigenvalue weighted by Gasteiger charge is 2.32. The van der Waals surface area contributed by atoms with Crippen LogP contribution in [0.5, 0.6) is 0 Å². The van der Waals surface area contributed by atoms with Crippen LogP contribution in [0.2, 0.25) is 4.34 Å². The molecule has 1 aliphatic rings. The second kappa shape index (κ2) is 7.79. The molecule has 26 heavy (non-hydrogen) atoms. The Kier molecular flexibility index (Phi) is 5.85. The first kappa shape index (κ1) is 19.5. The topological polar surface area (TPSA) is 74.8 Å². The van der Waals surface area contributed by atoms with Gasteiger partial charge in [-0.15, -0.1) is 11.3 Å². The van der Waals surface area contributed by atoms with E-state index < -0.39 is 20.0 Å². The lowest BCUT2D eigenvalue weighted by Crippen LogP contribution is -2.49. The van der Waals surface area contributed by atoms with Crippen LogP contribution in [0.1, 0.15) is 5.56 Å². The molecule has 2 heterocycles. The monoisotopic (exact) mass is 432 g/mol. The Bertz CT molecular complexity index is 993. The fourth-order valence-electron chi connectivity index (χ4n) is 2.54. The molecule has 1 aliphatic heterocycles. The van der Waals surface area contributed by atoms with Crippen molar-refractivity contribution in [3.8, 4) is 0 Å². The summed E-state index contributed by atoms with van der Waals surface area (Å²) >= 11 is 6.81. The zero-order chi connectivity index (χ0) is 18.8. The number of halogens is 1. The van der Waals surface area contributed by atoms with Crippen LogP contribution in [-0.2, 0) is 20.0 Å². The van der Waals surface area contributed by atoms with E-state index in [1.807, 2.05) is 30.3 Å². The lowest BCUT2D eigenvalue weighted by Gasteiger charge is -2.32. The summed E-state index contributed by atoms with van der Waals surface area (Å²) in [5.74, 6) is 0. The molecule has 0 atom stereocenters. The van der Waals surface area contributed by atoms with Gasteiger partial charge in [0.2, 0.25) is 10.0 Å². The summed E-state index contributed by atoms with van der Waals surface area (Å²) in [5.41, 5.74) is 0.784. The van der Waals surface area contributed by atoms with Crippen LogP contribution in [0.3, 0.4) is 0 Å². The van der Waals surface area contributed by atoms with E-state index in [-0.39, 0.29) is 30.4 Å². The van der Waals surface area contributed by atoms with Crippen molar-refractivity contribution in [2.75, 3.05) is 26.2 Å². The molecular formula is C16H17ClN2O4S3. The quantitative estimate of drug-likeness (QED) is 0.728. The second-order valence-electron chi connectivity index (χ2n) is 5.62. The first-order chi connectivity index (χ1) is 12.3. The first-order valence-corrected chi connectivity index (χ1v) is 11.9. The molecular weight excluding hydrogens is 416 g/mol. The number of hydrogen-bond acceptors (Lipinski definition) is 5. The minimum Gasteiger partial charge on any atom is -0.208 e. The van der Waals surface area contributed by atoms with Crippen LogP contribution in [0.4, 0.5) is 0 Å². The van der Waals surface area contributed by atoms with Gasteiger partial charge in [-0.05, 0) is 23.8 Å². The third kappa shape index (κ3) is 4.36. The number of hydrogen-bond donors (Lipinski definition) is 0. The molecule has 1 saturated heterocycles. The van der Waals surface area contributed by atoms with Crippen molar-refractivity contribution in [2.24, 2.45) is 0 Å². The molecule has 0 bridgehead atoms. The van der Waals surface area contributed by atoms with Crippen molar-refractivity contribution in [3.63, 3.8) is 0 Å². The number of rotatable bonds is 5. The predicted molar refractivity (Wildman–Crippen MR) is 104 cm³/mol. The summed E-state index contributed by atoms with van der Waals surface area (Å²) in [5, 5.41) is 1.16. The van der Waals surface area contributed by atoms with Crippen LogP contribution >= 0.6 is 22.9 Å². The molecule has 0 radical (unpaired) electrons. The maximum atomic E-state index is 12.6. The third-order valence-electron chi connectivity index (χ3n) is 3.93. The summed E-state index contributed by atoms with van der Waals surface area (Å²) in [6.07, 6.45) is 1.53. The highest BCUT2D eigenvalue weighted by atomic mass is 35.5. The van der Waals surface area contributed by atoms with Crippen molar-refractivity contribution >= 4 is 49.1 Å². The summed E-state index contributed by atoms with van der Waals surface area (Å²) in [7, 11) is -7.24. The van der Waals surface area contributed by atoms with Gasteiger partial charge in [-0.2, -0.15) is 8.61 Å². The zero-order valence-electron chi connectivity index (χ0n) is 13.7. The molecule has 0 N–H and O–H groups in total. The summed E-state index contributed by atoms with van der Waals surface area (Å²) < 4.78 is 53.2. The van der Waals surface area contributed by atoms with Gasteiger partial charge in [0, 0.05) is 31.6 Å². The van der Waals surface area contributed by atoms with E-state index in [1.54, 1.807) is 0 Å². The molecule has 0 saturated carbocycles. The Morgan fingerprint density at radius 3 is 2.08 bits per heavy atom. The smallest absolute Gasteiger partial charge is 0.208 e. The Morgan fingerprint density at radius 2 is 1.50 bits per heavy atom. The molecule has 0 aliphatic carbocycles. The zero-order valence-corrected chi connectivity index (χ0v) is 16.9. The van der Waals surface area contributed by atoms with Crippen LogP contribution in [0.25, 0.3) is 6.08 Å². The van der Waals surface area contributed by atoms with Gasteiger partial charge in [0.25, 0.3) is 10.0 Å². The number of piperazine rings is 1. The molecule has 0 spiro atoms. The average Bonchev–Trinajstić information content (AvgIpc) is 3.08. The number of thiophene rings is 1. The second-order valence-corrected chi connectivity index (χ2v) is 11.3. The predicted octanol–water partition coefficient (Wildman–Crippen LogP) is 2.71. The van der Waals surface area contributed by atoms with Gasteiger partial charge < -0.3 is 0 Å². The standard InChI is InChI=1S/C16H17ClN2O4S3/c17-15-6-7-16(24-15)26(22,23)19-11-9-18(10-12-19)25(20,21)13-8-14-4-2-1-3-5-14/h1-8,13H,9-12H2/b13-8+. The Labute approximate surface area is 162 Å². The third-order valence-corrected chi connectivity index (χ3v) is 9.09. The Hall–Kier alpha value is -1.23. The first-order valence-electron chi connectivity index (χ1n) is 7.78. The molecule has 1 aromatic carbocycles. The van der Waals surface area contributed by atoms with Gasteiger partial charge in [0.15, 0.2) is 0 Å². The van der Waals surface area contributed by atoms with E-state index in [2.05, 4.69) is 0 Å². The van der Waals surface area contributed by atoms with E-state index in [4.69, 9.17) is 11.6 Å². The molecule has 3 rings (SSSR count). The molecule has 140 valence electrons. The fraction of sp³-hybridized carbons (Fsp3) is 0.250. The lowest BCUT2D eigenvalue weighted by molar-refractivity contribution is 0.275. The van der Waals surface area contributed by atoms with E-state index in [9.17, 15) is 16.8 Å². The highest BCUT2D eigenvalue weighted by Crippen LogP contribution is 2.28. The van der Waals surface area contributed by atoms with Gasteiger partial charge >= 0.3 is 0 Å². The Morgan fingerprint density at radius 1 is 0.885 bits per heavy atom. The van der Waals surface area contributed by atoms with Crippen molar-refractivity contribution in [1.82, 2.24) is 8.61 Å². The van der Waals surface area contributed by atoms with Gasteiger partial charge in [0.1, 0.15) is 4.21 Å². The van der Waals surface area contributed by atoms with Crippen LogP contribution in [-0.4, -0.2) is 51.6 Å². The van der Waals surface area contributed by atoms with Crippen molar-refractivity contribution in [3.05, 3.63) is 57.8 Å². The Balaban J connectivity index is 1.67. The minimum absolute atomic E-state index is 0.107. The average molecular weight is 433 g/mol. The molecule has 2 aromatic rings. The maximum absolute atomic E-state index is 12.6. The van der Waals surface area contributed by atoms with Crippen LogP contribution in [0.15, 0.2) is 52.1 Å². The van der Waals surface area contributed by atoms with Gasteiger partial charge in [-0.1, -0.05) is 41.9 Å². The van der Waals surface area contributed by atoms with Gasteiger partial charge in [-0.25, -0.2) is 16.8 Å². The van der Waals surface area contributed by atoms with Gasteiger partial charge in [-0.3, -0.25) is 0 Å². The largest absolute Gasteiger partial charge is 0.252 e. The summed E-state index contributed by atoms with van der Waals surface area (Å²) in [6.45, 7) is 0.437. The van der Waals surface area contributed by atoms with E-state index in [1.165, 1.54) is 26.8 Å². The van der Waals surface area contributed by atoms with E-state index in [0.29, 0.717) is 4.34 Å². The van der Waals surface area contributed by atoms with E-state index >= 15 is 0 Å². The fourth-order valence-corrected chi connectivity index (χ4v) is 6.78. The normalized spacial score (nSPS) is 17.7. The highest BCUT2D eigenvalue weighted by molar-refractivity contribution is 7.92. The minimum atomic E-state index is -3.64. The van der Waals surface area contributed by atoms with Crippen molar-refractivity contribution in [1.29, 1.82) is 0 Å². The molecule has 1 aromatic heterocycles. The van der Waals surface area contributed by atoms with Crippen molar-refractivity contribution in [2.45, 2.75) is 4.21 Å². The summed E-state index contributed by atoms with van der Waals surface area (Å²) in [4.78, 5) is 0. The van der Waals surface area contributed by atoms with E-state index in [0.717, 1.165) is 22.3 Å². The molecule has 0 amide bonds. The van der Waals surface area contributed by atoms with Crippen molar-refractivity contribution < 1.29 is 16.8 Å². The SMILES string of the molecule is O=S(=O)(/C=C/c1ccccc1)N1CCN(S(=O)(=O)c2ccc(Cl)s2)CC1. The van der Waals surface area contributed by atoms with Crippen LogP contribution < -0.4 is 0 Å². The molecule has 6 nitrogen and oxygen atoms in total. The maximum Gasteiger partial charge on any atom is 0.252 e. The molecule has 1 fully saturated rings.